The van der Waals surface area contributed by atoms with Crippen molar-refractivity contribution in [2.45, 2.75) is 19.4 Å². The van der Waals surface area contributed by atoms with E-state index < -0.39 is 6.10 Å². The molecule has 0 bridgehead atoms. The number of carbonyl (C=O) groups is 1. The van der Waals surface area contributed by atoms with E-state index in [1.54, 1.807) is 42.5 Å². The molecule has 2 rings (SSSR count). The highest BCUT2D eigenvalue weighted by molar-refractivity contribution is 7.09. The molecule has 0 aliphatic heterocycles. The van der Waals surface area contributed by atoms with Gasteiger partial charge in [-0.15, -0.1) is 11.3 Å². The fourth-order valence-electron chi connectivity index (χ4n) is 1.74. The molecule has 0 amide bonds. The van der Waals surface area contributed by atoms with E-state index in [1.165, 1.54) is 4.88 Å². The number of carbonyl (C=O) groups excluding carboxylic acids is 1. The third-order valence-electron chi connectivity index (χ3n) is 2.77. The SMILES string of the molecule is CC(OCCc1cccs1)C(=O)c1cccc(Cl)c1. The topological polar surface area (TPSA) is 26.3 Å². The van der Waals surface area contributed by atoms with Crippen molar-refractivity contribution in [3.05, 3.63) is 57.2 Å². The largest absolute Gasteiger partial charge is 0.370 e. The Morgan fingerprint density at radius 3 is 2.89 bits per heavy atom. The van der Waals surface area contributed by atoms with Gasteiger partial charge in [-0.3, -0.25) is 4.79 Å². The summed E-state index contributed by atoms with van der Waals surface area (Å²) >= 11 is 7.57. The second-order valence-electron chi connectivity index (χ2n) is 4.22. The van der Waals surface area contributed by atoms with Gasteiger partial charge in [-0.25, -0.2) is 0 Å². The smallest absolute Gasteiger partial charge is 0.191 e. The lowest BCUT2D eigenvalue weighted by Crippen LogP contribution is -2.21. The zero-order chi connectivity index (χ0) is 13.7. The van der Waals surface area contributed by atoms with E-state index in [0.29, 0.717) is 17.2 Å². The summed E-state index contributed by atoms with van der Waals surface area (Å²) < 4.78 is 5.59. The van der Waals surface area contributed by atoms with Crippen molar-refractivity contribution >= 4 is 28.7 Å². The Hall–Kier alpha value is -1.16. The van der Waals surface area contributed by atoms with Gasteiger partial charge >= 0.3 is 0 Å². The Labute approximate surface area is 122 Å². The average Bonchev–Trinajstić information content (AvgIpc) is 2.91. The van der Waals surface area contributed by atoms with Gasteiger partial charge in [0.2, 0.25) is 0 Å². The third-order valence-corrected chi connectivity index (χ3v) is 3.95. The highest BCUT2D eigenvalue weighted by Gasteiger charge is 2.15. The number of hydrogen-bond donors (Lipinski definition) is 0. The molecule has 0 saturated carbocycles. The standard InChI is InChI=1S/C15H15ClO2S/c1-11(18-8-7-14-6-3-9-19-14)15(17)12-4-2-5-13(16)10-12/h2-6,9-11H,7-8H2,1H3. The number of rotatable bonds is 6. The maximum absolute atomic E-state index is 12.1. The lowest BCUT2D eigenvalue weighted by molar-refractivity contribution is 0.0488. The molecule has 1 heterocycles. The van der Waals surface area contributed by atoms with Gasteiger partial charge in [-0.05, 0) is 30.5 Å². The molecule has 2 nitrogen and oxygen atoms in total. The molecular formula is C15H15ClO2S. The zero-order valence-corrected chi connectivity index (χ0v) is 12.2. The van der Waals surface area contributed by atoms with Crippen LogP contribution >= 0.6 is 22.9 Å². The van der Waals surface area contributed by atoms with Crippen molar-refractivity contribution in [3.8, 4) is 0 Å². The number of thiophene rings is 1. The number of ether oxygens (including phenoxy) is 1. The van der Waals surface area contributed by atoms with Crippen molar-refractivity contribution in [1.82, 2.24) is 0 Å². The summed E-state index contributed by atoms with van der Waals surface area (Å²) in [5.74, 6) is -0.0336. The molecule has 0 fully saturated rings. The van der Waals surface area contributed by atoms with Crippen LogP contribution in [0.25, 0.3) is 0 Å². The van der Waals surface area contributed by atoms with Crippen LogP contribution in [0.5, 0.6) is 0 Å². The van der Waals surface area contributed by atoms with Gasteiger partial charge in [-0.1, -0.05) is 29.8 Å². The van der Waals surface area contributed by atoms with Crippen LogP contribution in [0.3, 0.4) is 0 Å². The monoisotopic (exact) mass is 294 g/mol. The van der Waals surface area contributed by atoms with Crippen LogP contribution < -0.4 is 0 Å². The predicted molar refractivity (Wildman–Crippen MR) is 79.2 cm³/mol. The zero-order valence-electron chi connectivity index (χ0n) is 10.6. The molecule has 0 N–H and O–H groups in total. The molecule has 1 aromatic heterocycles. The van der Waals surface area contributed by atoms with Crippen molar-refractivity contribution < 1.29 is 9.53 Å². The van der Waals surface area contributed by atoms with E-state index >= 15 is 0 Å². The van der Waals surface area contributed by atoms with Gasteiger partial charge in [0.05, 0.1) is 6.61 Å². The summed E-state index contributed by atoms with van der Waals surface area (Å²) in [5.41, 5.74) is 0.594. The summed E-state index contributed by atoms with van der Waals surface area (Å²) in [6.45, 7) is 2.33. The van der Waals surface area contributed by atoms with Crippen LogP contribution in [0.15, 0.2) is 41.8 Å². The molecule has 2 aromatic rings. The summed E-state index contributed by atoms with van der Waals surface area (Å²) in [6.07, 6.45) is 0.392. The summed E-state index contributed by atoms with van der Waals surface area (Å²) in [6, 6.07) is 11.0. The van der Waals surface area contributed by atoms with E-state index in [2.05, 4.69) is 6.07 Å². The first-order valence-electron chi connectivity index (χ1n) is 6.10. The highest BCUT2D eigenvalue weighted by atomic mass is 35.5. The van der Waals surface area contributed by atoms with E-state index in [1.807, 2.05) is 11.4 Å². The lowest BCUT2D eigenvalue weighted by Gasteiger charge is -2.11. The van der Waals surface area contributed by atoms with Crippen LogP contribution in [0, 0.1) is 0 Å². The van der Waals surface area contributed by atoms with Crippen molar-refractivity contribution in [2.75, 3.05) is 6.61 Å². The normalized spacial score (nSPS) is 12.3. The van der Waals surface area contributed by atoms with Gasteiger partial charge in [0, 0.05) is 21.9 Å². The minimum Gasteiger partial charge on any atom is -0.370 e. The maximum Gasteiger partial charge on any atom is 0.191 e. The van der Waals surface area contributed by atoms with E-state index in [0.717, 1.165) is 6.42 Å². The summed E-state index contributed by atoms with van der Waals surface area (Å²) in [5, 5.41) is 2.60. The molecule has 0 aliphatic rings. The van der Waals surface area contributed by atoms with Gasteiger partial charge < -0.3 is 4.74 Å². The average molecular weight is 295 g/mol. The van der Waals surface area contributed by atoms with Gasteiger partial charge in [0.25, 0.3) is 0 Å². The van der Waals surface area contributed by atoms with Gasteiger partial charge in [0.15, 0.2) is 5.78 Å². The Bertz CT molecular complexity index is 537. The summed E-state index contributed by atoms with van der Waals surface area (Å²) in [7, 11) is 0. The molecule has 0 radical (unpaired) electrons. The van der Waals surface area contributed by atoms with Crippen LogP contribution in [0.4, 0.5) is 0 Å². The van der Waals surface area contributed by atoms with E-state index in [-0.39, 0.29) is 5.78 Å². The Morgan fingerprint density at radius 2 is 2.21 bits per heavy atom. The maximum atomic E-state index is 12.1. The van der Waals surface area contributed by atoms with Crippen LogP contribution in [-0.4, -0.2) is 18.5 Å². The third kappa shape index (κ3) is 4.16. The molecule has 1 aromatic carbocycles. The molecule has 100 valence electrons. The second kappa shape index (κ2) is 6.85. The number of ketones is 1. The number of hydrogen-bond acceptors (Lipinski definition) is 3. The van der Waals surface area contributed by atoms with Gasteiger partial charge in [-0.2, -0.15) is 0 Å². The fraction of sp³-hybridized carbons (Fsp3) is 0.267. The van der Waals surface area contributed by atoms with E-state index in [4.69, 9.17) is 16.3 Å². The van der Waals surface area contributed by atoms with Crippen molar-refractivity contribution in [2.24, 2.45) is 0 Å². The van der Waals surface area contributed by atoms with Crippen LogP contribution in [0.2, 0.25) is 5.02 Å². The predicted octanol–water partition coefficient (Wildman–Crippen LogP) is 4.23. The van der Waals surface area contributed by atoms with E-state index in [9.17, 15) is 4.79 Å². The van der Waals surface area contributed by atoms with Crippen LogP contribution in [-0.2, 0) is 11.2 Å². The molecular weight excluding hydrogens is 280 g/mol. The summed E-state index contributed by atoms with van der Waals surface area (Å²) in [4.78, 5) is 13.4. The first-order chi connectivity index (χ1) is 9.16. The molecule has 1 atom stereocenters. The molecule has 0 saturated heterocycles. The van der Waals surface area contributed by atoms with Crippen LogP contribution in [0.1, 0.15) is 22.2 Å². The molecule has 0 aliphatic carbocycles. The minimum absolute atomic E-state index is 0.0336. The fourth-order valence-corrected chi connectivity index (χ4v) is 2.62. The van der Waals surface area contributed by atoms with Crippen molar-refractivity contribution in [3.63, 3.8) is 0 Å². The number of benzene rings is 1. The quantitative estimate of drug-likeness (QED) is 0.745. The van der Waals surface area contributed by atoms with Gasteiger partial charge in [0.1, 0.15) is 6.10 Å². The molecule has 4 heteroatoms. The Morgan fingerprint density at radius 1 is 1.37 bits per heavy atom. The Balaban J connectivity index is 1.85. The second-order valence-corrected chi connectivity index (χ2v) is 5.69. The molecule has 0 spiro atoms. The molecule has 19 heavy (non-hydrogen) atoms. The highest BCUT2D eigenvalue weighted by Crippen LogP contribution is 2.14. The Kier molecular flexibility index (Phi) is 5.14. The number of halogens is 1. The lowest BCUT2D eigenvalue weighted by atomic mass is 10.1. The number of Topliss-reactive ketones (excluding diaryl/α,β-unsaturated/α-hetero) is 1. The first-order valence-corrected chi connectivity index (χ1v) is 7.36. The minimum atomic E-state index is -0.446. The first kappa shape index (κ1) is 14.3. The molecule has 1 unspecified atom stereocenters. The van der Waals surface area contributed by atoms with Crippen molar-refractivity contribution in [1.29, 1.82) is 0 Å².